The number of allylic oxidation sites excluding steroid dienone is 1. The van der Waals surface area contributed by atoms with Crippen LogP contribution in [0.2, 0.25) is 0 Å². The van der Waals surface area contributed by atoms with Gasteiger partial charge in [0.25, 0.3) is 0 Å². The van der Waals surface area contributed by atoms with Gasteiger partial charge >= 0.3 is 0 Å². The molecule has 44 valence electrons. The van der Waals surface area contributed by atoms with Crippen LogP contribution < -0.4 is 0 Å². The number of rotatable bonds is 2. The molecule has 0 unspecified atom stereocenters. The maximum Gasteiger partial charge on any atom is 0.0651 e. The van der Waals surface area contributed by atoms with E-state index in [1.54, 1.807) is 10.4 Å². The first kappa shape index (κ1) is 7.81. The molecule has 3 heteroatoms. The number of halogens is 1. The van der Waals surface area contributed by atoms with Crippen molar-refractivity contribution in [2.75, 3.05) is 0 Å². The molecule has 0 atom stereocenters. The Balaban J connectivity index is 3.74. The molecule has 0 radical (unpaired) electrons. The summed E-state index contributed by atoms with van der Waals surface area (Å²) < 4.78 is 1.66. The SMILES string of the molecule is C/C(C=N)=C/N=C\I. The lowest BCUT2D eigenvalue weighted by Crippen LogP contribution is -1.70. The van der Waals surface area contributed by atoms with Gasteiger partial charge < -0.3 is 5.41 Å². The summed E-state index contributed by atoms with van der Waals surface area (Å²) in [6, 6.07) is 0. The summed E-state index contributed by atoms with van der Waals surface area (Å²) in [7, 11) is 0. The van der Waals surface area contributed by atoms with Gasteiger partial charge in [-0.15, -0.1) is 0 Å². The summed E-state index contributed by atoms with van der Waals surface area (Å²) in [6.45, 7) is 1.83. The fourth-order valence-corrected chi connectivity index (χ4v) is 0.344. The highest BCUT2D eigenvalue weighted by Crippen LogP contribution is 1.86. The van der Waals surface area contributed by atoms with Crippen LogP contribution in [0.25, 0.3) is 0 Å². The van der Waals surface area contributed by atoms with Crippen LogP contribution >= 0.6 is 22.6 Å². The molecule has 0 amide bonds. The maximum atomic E-state index is 6.72. The van der Waals surface area contributed by atoms with Gasteiger partial charge in [-0.2, -0.15) is 0 Å². The molecule has 0 saturated heterocycles. The van der Waals surface area contributed by atoms with E-state index in [1.165, 1.54) is 6.21 Å². The smallest absolute Gasteiger partial charge is 0.0651 e. The Kier molecular flexibility index (Phi) is 4.84. The molecule has 0 aromatic rings. The normalized spacial score (nSPS) is 12.5. The highest BCUT2D eigenvalue weighted by molar-refractivity contribution is 14.1. The molecule has 0 bridgehead atoms. The second-order valence-corrected chi connectivity index (χ2v) is 1.82. The lowest BCUT2D eigenvalue weighted by molar-refractivity contribution is 1.45. The number of hydrogen-bond donors (Lipinski definition) is 1. The first-order valence-electron chi connectivity index (χ1n) is 2.10. The lowest BCUT2D eigenvalue weighted by Gasteiger charge is -1.79. The van der Waals surface area contributed by atoms with E-state index in [0.717, 1.165) is 5.57 Å². The molecule has 0 rings (SSSR count). The van der Waals surface area contributed by atoms with E-state index in [9.17, 15) is 0 Å². The van der Waals surface area contributed by atoms with Crippen molar-refractivity contribution >= 4 is 33.0 Å². The quantitative estimate of drug-likeness (QED) is 0.548. The molecule has 0 aliphatic rings. The van der Waals surface area contributed by atoms with Crippen LogP contribution in [0, 0.1) is 5.41 Å². The lowest BCUT2D eigenvalue weighted by atomic mass is 10.4. The van der Waals surface area contributed by atoms with Crippen LogP contribution in [0.3, 0.4) is 0 Å². The monoisotopic (exact) mass is 222 g/mol. The Labute approximate surface area is 62.4 Å². The van der Waals surface area contributed by atoms with Gasteiger partial charge in [0.15, 0.2) is 0 Å². The fraction of sp³-hybridized carbons (Fsp3) is 0.200. The van der Waals surface area contributed by atoms with Crippen molar-refractivity contribution in [1.82, 2.24) is 0 Å². The molecule has 0 aromatic heterocycles. The van der Waals surface area contributed by atoms with Crippen molar-refractivity contribution in [3.8, 4) is 0 Å². The van der Waals surface area contributed by atoms with Gasteiger partial charge in [-0.1, -0.05) is 0 Å². The average molecular weight is 222 g/mol. The van der Waals surface area contributed by atoms with E-state index >= 15 is 0 Å². The largest absolute Gasteiger partial charge is 0.308 e. The molecule has 0 fully saturated rings. The van der Waals surface area contributed by atoms with Crippen LogP contribution in [-0.4, -0.2) is 10.4 Å². The Morgan fingerprint density at radius 3 is 2.75 bits per heavy atom. The topological polar surface area (TPSA) is 36.2 Å². The Morgan fingerprint density at radius 1 is 1.75 bits per heavy atom. The van der Waals surface area contributed by atoms with Crippen molar-refractivity contribution in [1.29, 1.82) is 5.41 Å². The molecule has 0 aliphatic heterocycles. The van der Waals surface area contributed by atoms with Crippen molar-refractivity contribution < 1.29 is 0 Å². The Morgan fingerprint density at radius 2 is 2.38 bits per heavy atom. The highest BCUT2D eigenvalue weighted by atomic mass is 127. The van der Waals surface area contributed by atoms with Gasteiger partial charge in [0, 0.05) is 12.4 Å². The molecule has 0 heterocycles. The van der Waals surface area contributed by atoms with Crippen molar-refractivity contribution in [3.05, 3.63) is 11.8 Å². The van der Waals surface area contributed by atoms with E-state index in [-0.39, 0.29) is 0 Å². The first-order chi connectivity index (χ1) is 3.81. The summed E-state index contributed by atoms with van der Waals surface area (Å²) >= 11 is 2.03. The van der Waals surface area contributed by atoms with E-state index in [2.05, 4.69) is 4.99 Å². The summed E-state index contributed by atoms with van der Waals surface area (Å²) in [4.78, 5) is 3.79. The minimum absolute atomic E-state index is 0.859. The van der Waals surface area contributed by atoms with E-state index in [0.29, 0.717) is 0 Å². The van der Waals surface area contributed by atoms with E-state index in [1.807, 2.05) is 29.5 Å². The molecule has 0 aromatic carbocycles. The van der Waals surface area contributed by atoms with Crippen LogP contribution in [0.4, 0.5) is 0 Å². The fourth-order valence-electron chi connectivity index (χ4n) is 0.183. The highest BCUT2D eigenvalue weighted by Gasteiger charge is 1.73. The molecule has 2 nitrogen and oxygen atoms in total. The third-order valence-electron chi connectivity index (χ3n) is 0.562. The van der Waals surface area contributed by atoms with Gasteiger partial charge in [0.2, 0.25) is 0 Å². The molecule has 0 spiro atoms. The third kappa shape index (κ3) is 3.98. The maximum absolute atomic E-state index is 6.72. The molecule has 1 N–H and O–H groups in total. The van der Waals surface area contributed by atoms with Crippen LogP contribution in [0.5, 0.6) is 0 Å². The predicted octanol–water partition coefficient (Wildman–Crippen LogP) is 2.00. The zero-order valence-electron chi connectivity index (χ0n) is 4.56. The Hall–Kier alpha value is -0.190. The van der Waals surface area contributed by atoms with Crippen molar-refractivity contribution in [2.24, 2.45) is 4.99 Å². The molecular formula is C5H7IN2. The zero-order chi connectivity index (χ0) is 6.41. The zero-order valence-corrected chi connectivity index (χ0v) is 6.71. The predicted molar refractivity (Wildman–Crippen MR) is 45.1 cm³/mol. The van der Waals surface area contributed by atoms with E-state index in [4.69, 9.17) is 5.41 Å². The van der Waals surface area contributed by atoms with E-state index < -0.39 is 0 Å². The molecule has 0 aliphatic carbocycles. The van der Waals surface area contributed by atoms with Crippen molar-refractivity contribution in [2.45, 2.75) is 6.92 Å². The summed E-state index contributed by atoms with van der Waals surface area (Å²) in [5.41, 5.74) is 0.859. The summed E-state index contributed by atoms with van der Waals surface area (Å²) in [5.74, 6) is 0. The van der Waals surface area contributed by atoms with Crippen LogP contribution in [0.15, 0.2) is 16.8 Å². The minimum Gasteiger partial charge on any atom is -0.308 e. The summed E-state index contributed by atoms with van der Waals surface area (Å²) in [5, 5.41) is 6.72. The van der Waals surface area contributed by atoms with Gasteiger partial charge in [0.05, 0.1) is 4.22 Å². The van der Waals surface area contributed by atoms with Gasteiger partial charge in [-0.3, -0.25) is 4.99 Å². The second kappa shape index (κ2) is 4.96. The first-order valence-corrected chi connectivity index (χ1v) is 3.35. The van der Waals surface area contributed by atoms with Crippen LogP contribution in [0.1, 0.15) is 6.92 Å². The number of nitrogens with zero attached hydrogens (tertiary/aromatic N) is 1. The third-order valence-corrected chi connectivity index (χ3v) is 0.884. The number of nitrogens with one attached hydrogen (secondary N) is 1. The second-order valence-electron chi connectivity index (χ2n) is 1.26. The van der Waals surface area contributed by atoms with Crippen molar-refractivity contribution in [3.63, 3.8) is 0 Å². The number of aliphatic imine (C=N–C) groups is 1. The number of hydrogen-bond acceptors (Lipinski definition) is 2. The minimum atomic E-state index is 0.859. The van der Waals surface area contributed by atoms with Gasteiger partial charge in [-0.05, 0) is 35.1 Å². The molecular weight excluding hydrogens is 215 g/mol. The molecule has 8 heavy (non-hydrogen) atoms. The average Bonchev–Trinajstić information content (AvgIpc) is 1.83. The van der Waals surface area contributed by atoms with Gasteiger partial charge in [0.1, 0.15) is 0 Å². The Bertz CT molecular complexity index is 126. The standard InChI is InChI=1S/C5H7IN2/c1-5(2-7)3-8-4-6/h2-4,7H,1H3/b5-3-,7-2?,8-4-. The van der Waals surface area contributed by atoms with Gasteiger partial charge in [-0.25, -0.2) is 0 Å². The van der Waals surface area contributed by atoms with Crippen LogP contribution in [-0.2, 0) is 0 Å². The molecule has 0 saturated carbocycles. The summed E-state index contributed by atoms with van der Waals surface area (Å²) in [6.07, 6.45) is 2.91.